The van der Waals surface area contributed by atoms with Crippen LogP contribution in [0.2, 0.25) is 0 Å². The first-order valence-corrected chi connectivity index (χ1v) is 5.53. The molecule has 1 aromatic carbocycles. The van der Waals surface area contributed by atoms with Gasteiger partial charge in [-0.1, -0.05) is 35.9 Å². The average molecular weight is 209 g/mol. The highest BCUT2D eigenvalue weighted by atomic mass is 35.5. The fourth-order valence-corrected chi connectivity index (χ4v) is 1.49. The maximum Gasteiger partial charge on any atom is 0.0263 e. The first kappa shape index (κ1) is 11.3. The number of hydrogen-bond donors (Lipinski definition) is 0. The molecule has 0 heterocycles. The van der Waals surface area contributed by atoms with Gasteiger partial charge in [0, 0.05) is 5.88 Å². The summed E-state index contributed by atoms with van der Waals surface area (Å²) in [5, 5.41) is 0. The summed E-state index contributed by atoms with van der Waals surface area (Å²) in [5.74, 6) is 0.702. The summed E-state index contributed by atoms with van der Waals surface area (Å²) in [7, 11) is 0. The Balaban J connectivity index is 2.59. The number of hydrogen-bond acceptors (Lipinski definition) is 0. The molecule has 0 radical (unpaired) electrons. The van der Waals surface area contributed by atoms with E-state index in [1.807, 2.05) is 0 Å². The predicted octanol–water partition coefficient (Wildman–Crippen LogP) is 3.98. The molecule has 0 spiro atoms. The summed E-state index contributed by atoms with van der Waals surface area (Å²) in [4.78, 5) is 0. The Morgan fingerprint density at radius 2 is 1.71 bits per heavy atom. The Morgan fingerprint density at radius 3 is 2.21 bits per heavy atom. The van der Waals surface area contributed by atoms with Crippen LogP contribution in [0.3, 0.4) is 0 Å². The van der Waals surface area contributed by atoms with E-state index in [4.69, 9.17) is 11.6 Å². The van der Waals surface area contributed by atoms with Crippen LogP contribution in [0.25, 0.3) is 0 Å². The number of rotatable bonds is 4. The highest BCUT2D eigenvalue weighted by Crippen LogP contribution is 2.07. The Hall–Kier alpha value is -0.750. The van der Waals surface area contributed by atoms with E-state index in [0.717, 1.165) is 12.8 Å². The lowest BCUT2D eigenvalue weighted by molar-refractivity contribution is 1.13. The SMILES string of the molecule is CC(C)=CCc1ccc(CCCl)cc1. The molecule has 1 heteroatoms. The van der Waals surface area contributed by atoms with E-state index in [1.165, 1.54) is 16.7 Å². The average Bonchev–Trinajstić information content (AvgIpc) is 2.17. The fraction of sp³-hybridized carbons (Fsp3) is 0.385. The second kappa shape index (κ2) is 5.87. The van der Waals surface area contributed by atoms with Gasteiger partial charge in [-0.2, -0.15) is 0 Å². The molecule has 0 fully saturated rings. The zero-order chi connectivity index (χ0) is 10.4. The lowest BCUT2D eigenvalue weighted by atomic mass is 10.1. The molecule has 14 heavy (non-hydrogen) atoms. The third-order valence-electron chi connectivity index (χ3n) is 2.15. The number of allylic oxidation sites excluding steroid dienone is 2. The van der Waals surface area contributed by atoms with Crippen molar-refractivity contribution in [1.29, 1.82) is 0 Å². The number of halogens is 1. The lowest BCUT2D eigenvalue weighted by Gasteiger charge is -2.00. The minimum atomic E-state index is 0.702. The van der Waals surface area contributed by atoms with Gasteiger partial charge in [0.1, 0.15) is 0 Å². The van der Waals surface area contributed by atoms with Crippen LogP contribution in [0.1, 0.15) is 25.0 Å². The van der Waals surface area contributed by atoms with Gasteiger partial charge >= 0.3 is 0 Å². The molecule has 1 rings (SSSR count). The zero-order valence-corrected chi connectivity index (χ0v) is 9.64. The number of alkyl halides is 1. The molecule has 0 saturated carbocycles. The Kier molecular flexibility index (Phi) is 4.75. The molecule has 0 unspecified atom stereocenters. The van der Waals surface area contributed by atoms with Crippen LogP contribution >= 0.6 is 11.6 Å². The van der Waals surface area contributed by atoms with Crippen molar-refractivity contribution in [3.8, 4) is 0 Å². The minimum absolute atomic E-state index is 0.702. The van der Waals surface area contributed by atoms with Gasteiger partial charge in [-0.25, -0.2) is 0 Å². The van der Waals surface area contributed by atoms with E-state index in [2.05, 4.69) is 44.2 Å². The summed E-state index contributed by atoms with van der Waals surface area (Å²) in [5.41, 5.74) is 4.06. The molecule has 76 valence electrons. The normalized spacial score (nSPS) is 9.93. The van der Waals surface area contributed by atoms with E-state index in [-0.39, 0.29) is 0 Å². The van der Waals surface area contributed by atoms with Crippen molar-refractivity contribution >= 4 is 11.6 Å². The summed E-state index contributed by atoms with van der Waals surface area (Å²) < 4.78 is 0. The molecule has 0 nitrogen and oxygen atoms in total. The molecule has 0 saturated heterocycles. The van der Waals surface area contributed by atoms with Gasteiger partial charge in [0.25, 0.3) is 0 Å². The first-order valence-electron chi connectivity index (χ1n) is 4.99. The molecular formula is C13H17Cl. The standard InChI is InChI=1S/C13H17Cl/c1-11(2)3-4-12-5-7-13(8-6-12)9-10-14/h3,5-8H,4,9-10H2,1-2H3. The van der Waals surface area contributed by atoms with Crippen LogP contribution in [0.4, 0.5) is 0 Å². The van der Waals surface area contributed by atoms with Crippen LogP contribution in [-0.2, 0) is 12.8 Å². The van der Waals surface area contributed by atoms with Gasteiger partial charge in [0.2, 0.25) is 0 Å². The van der Waals surface area contributed by atoms with Gasteiger partial charge in [-0.3, -0.25) is 0 Å². The van der Waals surface area contributed by atoms with E-state index in [0.29, 0.717) is 5.88 Å². The summed E-state index contributed by atoms with van der Waals surface area (Å²) in [6.07, 6.45) is 4.24. The van der Waals surface area contributed by atoms with Crippen molar-refractivity contribution < 1.29 is 0 Å². The zero-order valence-electron chi connectivity index (χ0n) is 8.89. The Labute approximate surface area is 91.6 Å². The highest BCUT2D eigenvalue weighted by molar-refractivity contribution is 6.17. The van der Waals surface area contributed by atoms with Gasteiger partial charge in [-0.15, -0.1) is 11.6 Å². The van der Waals surface area contributed by atoms with E-state index >= 15 is 0 Å². The fourth-order valence-electron chi connectivity index (χ4n) is 1.27. The third-order valence-corrected chi connectivity index (χ3v) is 2.34. The van der Waals surface area contributed by atoms with E-state index < -0.39 is 0 Å². The van der Waals surface area contributed by atoms with Crippen LogP contribution in [0.15, 0.2) is 35.9 Å². The molecular weight excluding hydrogens is 192 g/mol. The highest BCUT2D eigenvalue weighted by Gasteiger charge is 1.92. The molecule has 1 aromatic rings. The molecule has 0 aliphatic carbocycles. The molecule has 0 aliphatic rings. The van der Waals surface area contributed by atoms with Crippen molar-refractivity contribution in [1.82, 2.24) is 0 Å². The number of aryl methyl sites for hydroxylation is 1. The molecule has 0 aliphatic heterocycles. The molecule has 0 N–H and O–H groups in total. The molecule has 0 amide bonds. The first-order chi connectivity index (χ1) is 6.72. The largest absolute Gasteiger partial charge is 0.126 e. The van der Waals surface area contributed by atoms with Crippen LogP contribution in [0, 0.1) is 0 Å². The van der Waals surface area contributed by atoms with Gasteiger partial charge in [0.05, 0.1) is 0 Å². The molecule has 0 aromatic heterocycles. The second-order valence-electron chi connectivity index (χ2n) is 3.74. The van der Waals surface area contributed by atoms with E-state index in [9.17, 15) is 0 Å². The number of benzene rings is 1. The van der Waals surface area contributed by atoms with Crippen LogP contribution < -0.4 is 0 Å². The van der Waals surface area contributed by atoms with Gasteiger partial charge in [0.15, 0.2) is 0 Å². The Bertz CT molecular complexity index is 292. The van der Waals surface area contributed by atoms with Crippen molar-refractivity contribution in [2.24, 2.45) is 0 Å². The van der Waals surface area contributed by atoms with Crippen molar-refractivity contribution in [2.75, 3.05) is 5.88 Å². The summed E-state index contributed by atoms with van der Waals surface area (Å²) in [6.45, 7) is 4.25. The maximum absolute atomic E-state index is 5.67. The minimum Gasteiger partial charge on any atom is -0.126 e. The smallest absolute Gasteiger partial charge is 0.0263 e. The Morgan fingerprint density at radius 1 is 1.14 bits per heavy atom. The van der Waals surface area contributed by atoms with Crippen LogP contribution in [0.5, 0.6) is 0 Å². The monoisotopic (exact) mass is 208 g/mol. The predicted molar refractivity (Wildman–Crippen MR) is 64.0 cm³/mol. The lowest BCUT2D eigenvalue weighted by Crippen LogP contribution is -1.87. The molecule has 0 atom stereocenters. The van der Waals surface area contributed by atoms with Crippen molar-refractivity contribution in [2.45, 2.75) is 26.7 Å². The molecule has 0 bridgehead atoms. The second-order valence-corrected chi connectivity index (χ2v) is 4.12. The van der Waals surface area contributed by atoms with Gasteiger partial charge < -0.3 is 0 Å². The maximum atomic E-state index is 5.67. The van der Waals surface area contributed by atoms with Crippen LogP contribution in [-0.4, -0.2) is 5.88 Å². The van der Waals surface area contributed by atoms with Gasteiger partial charge in [-0.05, 0) is 37.8 Å². The van der Waals surface area contributed by atoms with Crippen molar-refractivity contribution in [3.05, 3.63) is 47.0 Å². The topological polar surface area (TPSA) is 0 Å². The van der Waals surface area contributed by atoms with E-state index in [1.54, 1.807) is 0 Å². The summed E-state index contributed by atoms with van der Waals surface area (Å²) in [6, 6.07) is 8.69. The van der Waals surface area contributed by atoms with Crippen molar-refractivity contribution in [3.63, 3.8) is 0 Å². The quantitative estimate of drug-likeness (QED) is 0.519. The third kappa shape index (κ3) is 3.97. The summed E-state index contributed by atoms with van der Waals surface area (Å²) >= 11 is 5.67.